The maximum absolute atomic E-state index is 13.9. The summed E-state index contributed by atoms with van der Waals surface area (Å²) in [6.07, 6.45) is 4.09. The summed E-state index contributed by atoms with van der Waals surface area (Å²) in [5.41, 5.74) is 2.80. The topological polar surface area (TPSA) is 55.2 Å². The number of hydrogen-bond donors (Lipinski definition) is 0. The lowest BCUT2D eigenvalue weighted by Crippen LogP contribution is -2.38. The number of aromatic nitrogens is 2. The fourth-order valence-corrected chi connectivity index (χ4v) is 4.88. The molecule has 4 aromatic rings. The van der Waals surface area contributed by atoms with E-state index in [-0.39, 0.29) is 11.5 Å². The number of aryl methyl sites for hydroxylation is 1. The number of unbranched alkanes of at least 4 members (excludes halogenated alkanes) is 1. The van der Waals surface area contributed by atoms with Crippen LogP contribution in [-0.2, 0) is 6.42 Å². The molecule has 0 spiro atoms. The van der Waals surface area contributed by atoms with E-state index in [1.54, 1.807) is 16.7 Å². The first-order valence-electron chi connectivity index (χ1n) is 13.5. The van der Waals surface area contributed by atoms with Gasteiger partial charge in [0.15, 0.2) is 0 Å². The summed E-state index contributed by atoms with van der Waals surface area (Å²) in [5, 5.41) is 0.953. The van der Waals surface area contributed by atoms with Crippen molar-refractivity contribution in [3.05, 3.63) is 105 Å². The number of halogens is 1. The second-order valence-electron chi connectivity index (χ2n) is 10.2. The molecule has 5 nitrogen and oxygen atoms in total. The summed E-state index contributed by atoms with van der Waals surface area (Å²) in [5.74, 6) is 0.816. The van der Waals surface area contributed by atoms with Crippen molar-refractivity contribution in [2.75, 3.05) is 6.54 Å². The fraction of sp³-hybridized carbons (Fsp3) is 0.344. The molecule has 1 atom stereocenters. The lowest BCUT2D eigenvalue weighted by molar-refractivity contribution is 0.0671. The summed E-state index contributed by atoms with van der Waals surface area (Å²) in [6, 6.07) is 22.0. The van der Waals surface area contributed by atoms with E-state index in [1.165, 1.54) is 5.56 Å². The predicted octanol–water partition coefficient (Wildman–Crippen LogP) is 7.63. The maximum Gasteiger partial charge on any atom is 0.266 e. The Kier molecular flexibility index (Phi) is 9.01. The number of rotatable bonds is 10. The van der Waals surface area contributed by atoms with Crippen LogP contribution in [-0.4, -0.2) is 26.9 Å². The van der Waals surface area contributed by atoms with Crippen LogP contribution in [0.15, 0.2) is 77.6 Å². The van der Waals surface area contributed by atoms with Gasteiger partial charge in [-0.25, -0.2) is 4.98 Å². The Morgan fingerprint density at radius 2 is 1.66 bits per heavy atom. The first-order valence-corrected chi connectivity index (χ1v) is 13.9. The van der Waals surface area contributed by atoms with Crippen molar-refractivity contribution in [1.82, 2.24) is 14.5 Å². The third-order valence-electron chi connectivity index (χ3n) is 6.96. The van der Waals surface area contributed by atoms with Crippen molar-refractivity contribution >= 4 is 28.4 Å². The molecule has 0 aliphatic carbocycles. The summed E-state index contributed by atoms with van der Waals surface area (Å²) in [7, 11) is 0. The average Bonchev–Trinajstić information content (AvgIpc) is 2.92. The number of carbonyl (C=O) groups is 1. The first-order chi connectivity index (χ1) is 18.3. The van der Waals surface area contributed by atoms with E-state index in [1.807, 2.05) is 72.5 Å². The molecule has 6 heteroatoms. The smallest absolute Gasteiger partial charge is 0.266 e. The zero-order valence-corrected chi connectivity index (χ0v) is 23.4. The van der Waals surface area contributed by atoms with E-state index in [0.29, 0.717) is 45.5 Å². The van der Waals surface area contributed by atoms with Crippen LogP contribution in [0.1, 0.15) is 74.7 Å². The van der Waals surface area contributed by atoms with Gasteiger partial charge in [-0.1, -0.05) is 75.2 Å². The molecule has 3 aromatic carbocycles. The van der Waals surface area contributed by atoms with Crippen LogP contribution in [0.3, 0.4) is 0 Å². The highest BCUT2D eigenvalue weighted by atomic mass is 35.5. The minimum absolute atomic E-state index is 0.0756. The van der Waals surface area contributed by atoms with E-state index in [0.717, 1.165) is 25.7 Å². The Morgan fingerprint density at radius 3 is 2.34 bits per heavy atom. The molecule has 1 amide bonds. The van der Waals surface area contributed by atoms with Crippen LogP contribution in [0.2, 0.25) is 5.02 Å². The molecule has 4 rings (SSSR count). The molecule has 198 valence electrons. The van der Waals surface area contributed by atoms with Crippen LogP contribution in [0.5, 0.6) is 0 Å². The van der Waals surface area contributed by atoms with Gasteiger partial charge in [0.2, 0.25) is 0 Å². The Hall–Kier alpha value is -3.44. The molecule has 0 bridgehead atoms. The van der Waals surface area contributed by atoms with Gasteiger partial charge in [0.1, 0.15) is 5.82 Å². The number of benzene rings is 3. The molecule has 0 aliphatic heterocycles. The first kappa shape index (κ1) is 27.6. The number of amides is 1. The third kappa shape index (κ3) is 5.99. The number of fused-ring (bicyclic) bond motifs is 1. The molecule has 0 saturated carbocycles. The van der Waals surface area contributed by atoms with Crippen molar-refractivity contribution in [2.24, 2.45) is 5.92 Å². The van der Waals surface area contributed by atoms with Gasteiger partial charge in [-0.15, -0.1) is 0 Å². The lowest BCUT2D eigenvalue weighted by Gasteiger charge is -2.31. The Labute approximate surface area is 230 Å². The fourth-order valence-electron chi connectivity index (χ4n) is 4.66. The molecule has 1 unspecified atom stereocenters. The zero-order chi connectivity index (χ0) is 27.2. The van der Waals surface area contributed by atoms with E-state index in [4.69, 9.17) is 16.6 Å². The Morgan fingerprint density at radius 1 is 0.974 bits per heavy atom. The van der Waals surface area contributed by atoms with Crippen LogP contribution in [0.4, 0.5) is 0 Å². The number of hydrogen-bond acceptors (Lipinski definition) is 3. The highest BCUT2D eigenvalue weighted by Crippen LogP contribution is 2.28. The molecule has 1 aromatic heterocycles. The van der Waals surface area contributed by atoms with Gasteiger partial charge in [-0.2, -0.15) is 0 Å². The number of para-hydroxylation sites is 2. The van der Waals surface area contributed by atoms with E-state index in [2.05, 4.69) is 20.8 Å². The lowest BCUT2D eigenvalue weighted by atomic mass is 10.0. The predicted molar refractivity (Wildman–Crippen MR) is 156 cm³/mol. The molecule has 0 N–H and O–H groups in total. The molecular formula is C32H36ClN3O2. The highest BCUT2D eigenvalue weighted by Gasteiger charge is 2.28. The molecule has 0 saturated heterocycles. The van der Waals surface area contributed by atoms with Gasteiger partial charge in [0, 0.05) is 12.1 Å². The van der Waals surface area contributed by atoms with Gasteiger partial charge in [0.25, 0.3) is 11.5 Å². The summed E-state index contributed by atoms with van der Waals surface area (Å²) >= 11 is 6.58. The Balaban J connectivity index is 1.83. The molecule has 0 aliphatic rings. The summed E-state index contributed by atoms with van der Waals surface area (Å²) < 4.78 is 1.57. The van der Waals surface area contributed by atoms with Crippen LogP contribution >= 0.6 is 11.6 Å². The minimum Gasteiger partial charge on any atom is -0.329 e. The van der Waals surface area contributed by atoms with E-state index in [9.17, 15) is 9.59 Å². The SMILES string of the molecule is CCCCc1ccc(C(=O)N(CCC(C)C)C(C)c2nc3ccccc3c(=O)n2-c2ccccc2Cl)cc1. The van der Waals surface area contributed by atoms with Crippen molar-refractivity contribution in [1.29, 1.82) is 0 Å². The average molecular weight is 530 g/mol. The van der Waals surface area contributed by atoms with E-state index >= 15 is 0 Å². The van der Waals surface area contributed by atoms with Crippen LogP contribution < -0.4 is 5.56 Å². The van der Waals surface area contributed by atoms with Crippen molar-refractivity contribution < 1.29 is 4.79 Å². The molecule has 38 heavy (non-hydrogen) atoms. The van der Waals surface area contributed by atoms with Gasteiger partial charge in [0.05, 0.1) is 27.7 Å². The van der Waals surface area contributed by atoms with Gasteiger partial charge >= 0.3 is 0 Å². The summed E-state index contributed by atoms with van der Waals surface area (Å²) in [4.78, 5) is 34.5. The number of carbonyl (C=O) groups excluding carboxylic acids is 1. The van der Waals surface area contributed by atoms with Crippen LogP contribution in [0.25, 0.3) is 16.6 Å². The third-order valence-corrected chi connectivity index (χ3v) is 7.28. The van der Waals surface area contributed by atoms with Crippen molar-refractivity contribution in [3.8, 4) is 5.69 Å². The Bertz CT molecular complexity index is 1460. The summed E-state index contributed by atoms with van der Waals surface area (Å²) in [6.45, 7) is 8.95. The normalized spacial score (nSPS) is 12.2. The maximum atomic E-state index is 13.9. The second-order valence-corrected chi connectivity index (χ2v) is 10.6. The zero-order valence-electron chi connectivity index (χ0n) is 22.7. The highest BCUT2D eigenvalue weighted by molar-refractivity contribution is 6.32. The van der Waals surface area contributed by atoms with Crippen molar-refractivity contribution in [3.63, 3.8) is 0 Å². The molecule has 0 radical (unpaired) electrons. The van der Waals surface area contributed by atoms with Gasteiger partial charge in [-0.3, -0.25) is 14.2 Å². The standard InChI is InChI=1S/C32H36ClN3O2/c1-5-6-11-24-16-18-25(19-17-24)31(37)35(21-20-22(2)3)23(4)30-34-28-14-9-7-12-26(28)32(38)36(30)29-15-10-8-13-27(29)33/h7-10,12-19,22-23H,5-6,11,20-21H2,1-4H3. The molecular weight excluding hydrogens is 494 g/mol. The van der Waals surface area contributed by atoms with Gasteiger partial charge in [-0.05, 0) is 74.1 Å². The number of nitrogens with zero attached hydrogens (tertiary/aromatic N) is 3. The molecule has 1 heterocycles. The van der Waals surface area contributed by atoms with Crippen LogP contribution in [0, 0.1) is 5.92 Å². The van der Waals surface area contributed by atoms with Gasteiger partial charge < -0.3 is 4.90 Å². The second kappa shape index (κ2) is 12.4. The monoisotopic (exact) mass is 529 g/mol. The largest absolute Gasteiger partial charge is 0.329 e. The van der Waals surface area contributed by atoms with Crippen molar-refractivity contribution in [2.45, 2.75) is 59.4 Å². The quantitative estimate of drug-likeness (QED) is 0.212. The van der Waals surface area contributed by atoms with E-state index < -0.39 is 6.04 Å². The molecule has 0 fully saturated rings. The minimum atomic E-state index is -0.477.